The first-order valence-electron chi connectivity index (χ1n) is 11.2. The summed E-state index contributed by atoms with van der Waals surface area (Å²) in [7, 11) is -2.84. The van der Waals surface area contributed by atoms with Gasteiger partial charge in [0.25, 0.3) is 0 Å². The molecule has 0 spiro atoms. The molecule has 2 aromatic rings. The van der Waals surface area contributed by atoms with Crippen molar-refractivity contribution in [2.24, 2.45) is 13.0 Å². The average molecular weight is 511 g/mol. The zero-order valence-corrected chi connectivity index (χ0v) is 20.0. The molecule has 2 saturated carbocycles. The van der Waals surface area contributed by atoms with Crippen LogP contribution in [-0.2, 0) is 32.6 Å². The van der Waals surface area contributed by atoms with Crippen LogP contribution in [0, 0.1) is 17.2 Å². The minimum Gasteiger partial charge on any atom is -0.378 e. The van der Waals surface area contributed by atoms with Gasteiger partial charge in [-0.2, -0.15) is 23.5 Å². The van der Waals surface area contributed by atoms with Crippen molar-refractivity contribution in [3.8, 4) is 17.2 Å². The topological polar surface area (TPSA) is 114 Å². The summed E-state index contributed by atoms with van der Waals surface area (Å²) >= 11 is 0. The largest absolute Gasteiger partial charge is 0.417 e. The van der Waals surface area contributed by atoms with Gasteiger partial charge in [-0.3, -0.25) is 9.48 Å². The zero-order valence-electron chi connectivity index (χ0n) is 19.2. The first-order chi connectivity index (χ1) is 16.4. The fourth-order valence-electron chi connectivity index (χ4n) is 4.53. The molecule has 8 nitrogen and oxygen atoms in total. The third-order valence-corrected chi connectivity index (χ3v) is 8.80. The summed E-state index contributed by atoms with van der Waals surface area (Å²) in [5.74, 6) is -1.40. The molecule has 2 aliphatic carbocycles. The predicted octanol–water partition coefficient (Wildman–Crippen LogP) is 3.24. The quantitative estimate of drug-likeness (QED) is 0.612. The van der Waals surface area contributed by atoms with Crippen LogP contribution >= 0.6 is 0 Å². The van der Waals surface area contributed by atoms with E-state index in [1.54, 1.807) is 14.0 Å². The highest BCUT2D eigenvalue weighted by molar-refractivity contribution is 7.92. The highest BCUT2D eigenvalue weighted by Gasteiger charge is 2.51. The molecule has 2 unspecified atom stereocenters. The predicted molar refractivity (Wildman–Crippen MR) is 118 cm³/mol. The molecule has 1 aromatic carbocycles. The molecular formula is C23H25F3N4O4S. The summed E-state index contributed by atoms with van der Waals surface area (Å²) in [5, 5.41) is 14.6. The maximum absolute atomic E-state index is 14.0. The summed E-state index contributed by atoms with van der Waals surface area (Å²) in [5.41, 5.74) is -1.61. The van der Waals surface area contributed by atoms with Gasteiger partial charge in [-0.05, 0) is 50.3 Å². The Kier molecular flexibility index (Phi) is 6.44. The van der Waals surface area contributed by atoms with Crippen molar-refractivity contribution < 1.29 is 31.1 Å². The summed E-state index contributed by atoms with van der Waals surface area (Å²) in [6.07, 6.45) is -2.08. The van der Waals surface area contributed by atoms with Gasteiger partial charge in [-0.15, -0.1) is 0 Å². The van der Waals surface area contributed by atoms with Gasteiger partial charge < -0.3 is 10.1 Å². The number of nitriles is 1. The first kappa shape index (κ1) is 25.2. The van der Waals surface area contributed by atoms with Crippen molar-refractivity contribution >= 4 is 15.7 Å². The molecular weight excluding hydrogens is 485 g/mol. The standard InChI is InChI=1S/C23H25F3N4O4S/c1-3-34-19-10-16(9-17(19)21(31)29-22(13-27)6-7-22)35(32,33)20-5-4-14(8-18(20)23(24,25)26)15-11-28-30(2)12-15/h4-5,8,11-12,16-17,19H,3,6-7,9-10H2,1-2H3,(H,29,31)/t16?,17-,19?/m1/s1. The number of nitrogens with zero attached hydrogens (tertiary/aromatic N) is 3. The molecule has 1 heterocycles. The number of hydrogen-bond acceptors (Lipinski definition) is 6. The maximum atomic E-state index is 14.0. The van der Waals surface area contributed by atoms with E-state index >= 15 is 0 Å². The maximum Gasteiger partial charge on any atom is 0.417 e. The summed E-state index contributed by atoms with van der Waals surface area (Å²) in [6, 6.07) is 5.15. The van der Waals surface area contributed by atoms with E-state index in [1.165, 1.54) is 23.1 Å². The molecule has 4 rings (SSSR count). The van der Waals surface area contributed by atoms with Crippen molar-refractivity contribution in [1.82, 2.24) is 15.1 Å². The Hall–Kier alpha value is -2.91. The van der Waals surface area contributed by atoms with Crippen molar-refractivity contribution in [3.63, 3.8) is 0 Å². The van der Waals surface area contributed by atoms with Gasteiger partial charge in [0.1, 0.15) is 5.54 Å². The van der Waals surface area contributed by atoms with E-state index in [0.717, 1.165) is 12.1 Å². The number of nitrogens with one attached hydrogen (secondary N) is 1. The van der Waals surface area contributed by atoms with Gasteiger partial charge in [0, 0.05) is 25.4 Å². The van der Waals surface area contributed by atoms with Crippen molar-refractivity contribution in [1.29, 1.82) is 5.26 Å². The fourth-order valence-corrected chi connectivity index (χ4v) is 6.53. The molecule has 0 saturated heterocycles. The molecule has 2 fully saturated rings. The van der Waals surface area contributed by atoms with E-state index in [-0.39, 0.29) is 25.0 Å². The molecule has 0 bridgehead atoms. The van der Waals surface area contributed by atoms with Crippen LogP contribution in [0.1, 0.15) is 38.2 Å². The molecule has 2 aliphatic rings. The molecule has 3 atom stereocenters. The number of benzene rings is 1. The summed E-state index contributed by atoms with van der Waals surface area (Å²) in [4.78, 5) is 12.0. The average Bonchev–Trinajstić information content (AvgIpc) is 3.21. The Morgan fingerprint density at radius 2 is 2.03 bits per heavy atom. The number of aryl methyl sites for hydroxylation is 1. The minimum absolute atomic E-state index is 0.116. The molecule has 0 radical (unpaired) electrons. The number of ether oxygens (including phenoxy) is 1. The van der Waals surface area contributed by atoms with Gasteiger partial charge in [0.15, 0.2) is 9.84 Å². The van der Waals surface area contributed by atoms with Gasteiger partial charge >= 0.3 is 6.18 Å². The Morgan fingerprint density at radius 1 is 1.31 bits per heavy atom. The van der Waals surface area contributed by atoms with E-state index in [0.29, 0.717) is 18.4 Å². The number of hydrogen-bond donors (Lipinski definition) is 1. The number of amides is 1. The second-order valence-corrected chi connectivity index (χ2v) is 11.2. The number of sulfone groups is 1. The van der Waals surface area contributed by atoms with E-state index in [1.807, 2.05) is 6.07 Å². The Morgan fingerprint density at radius 3 is 2.57 bits per heavy atom. The van der Waals surface area contributed by atoms with Crippen LogP contribution in [-0.4, -0.2) is 47.6 Å². The lowest BCUT2D eigenvalue weighted by Crippen LogP contribution is -2.42. The van der Waals surface area contributed by atoms with Crippen molar-refractivity contribution in [3.05, 3.63) is 36.2 Å². The van der Waals surface area contributed by atoms with Crippen LogP contribution in [0.4, 0.5) is 13.2 Å². The monoisotopic (exact) mass is 510 g/mol. The van der Waals surface area contributed by atoms with Crippen LogP contribution < -0.4 is 5.32 Å². The molecule has 188 valence electrons. The van der Waals surface area contributed by atoms with Gasteiger partial charge in [-0.1, -0.05) is 6.07 Å². The van der Waals surface area contributed by atoms with Gasteiger partial charge in [0.2, 0.25) is 5.91 Å². The van der Waals surface area contributed by atoms with Gasteiger partial charge in [0.05, 0.1) is 40.0 Å². The Bertz CT molecular complexity index is 1280. The van der Waals surface area contributed by atoms with E-state index in [4.69, 9.17) is 4.74 Å². The van der Waals surface area contributed by atoms with E-state index in [2.05, 4.69) is 10.4 Å². The molecule has 0 aliphatic heterocycles. The zero-order chi connectivity index (χ0) is 25.6. The highest BCUT2D eigenvalue weighted by Crippen LogP contribution is 2.43. The van der Waals surface area contributed by atoms with Crippen LogP contribution in [0.2, 0.25) is 0 Å². The molecule has 1 N–H and O–H groups in total. The SMILES string of the molecule is CCOC1CC(S(=O)(=O)c2ccc(-c3cnn(C)c3)cc2C(F)(F)F)C[C@H]1C(=O)NC1(C#N)CC1. The molecule has 1 amide bonds. The number of carbonyl (C=O) groups excluding carboxylic acids is 1. The second kappa shape index (κ2) is 8.95. The lowest BCUT2D eigenvalue weighted by Gasteiger charge is -2.20. The number of rotatable bonds is 7. The fraction of sp³-hybridized carbons (Fsp3) is 0.522. The number of alkyl halides is 3. The third kappa shape index (κ3) is 4.92. The smallest absolute Gasteiger partial charge is 0.378 e. The normalized spacial score (nSPS) is 23.6. The Labute approximate surface area is 201 Å². The van der Waals surface area contributed by atoms with Crippen LogP contribution in [0.15, 0.2) is 35.5 Å². The number of aromatic nitrogens is 2. The lowest BCUT2D eigenvalue weighted by atomic mass is 10.0. The van der Waals surface area contributed by atoms with Gasteiger partial charge in [-0.25, -0.2) is 8.42 Å². The second-order valence-electron chi connectivity index (χ2n) is 9.03. The number of halogens is 3. The van der Waals surface area contributed by atoms with E-state index in [9.17, 15) is 31.6 Å². The third-order valence-electron chi connectivity index (χ3n) is 6.57. The van der Waals surface area contributed by atoms with Crippen LogP contribution in [0.3, 0.4) is 0 Å². The van der Waals surface area contributed by atoms with Crippen LogP contribution in [0.25, 0.3) is 11.1 Å². The van der Waals surface area contributed by atoms with E-state index < -0.39 is 55.2 Å². The lowest BCUT2D eigenvalue weighted by molar-refractivity contribution is -0.139. The number of carbonyl (C=O) groups is 1. The summed E-state index contributed by atoms with van der Waals surface area (Å²) in [6.45, 7) is 1.89. The summed E-state index contributed by atoms with van der Waals surface area (Å²) < 4.78 is 76.0. The van der Waals surface area contributed by atoms with Crippen molar-refractivity contribution in [2.45, 2.75) is 60.6 Å². The molecule has 12 heteroatoms. The molecule has 35 heavy (non-hydrogen) atoms. The first-order valence-corrected chi connectivity index (χ1v) is 12.7. The highest BCUT2D eigenvalue weighted by atomic mass is 32.2. The Balaban J connectivity index is 1.66. The molecule has 1 aromatic heterocycles. The van der Waals surface area contributed by atoms with Crippen molar-refractivity contribution in [2.75, 3.05) is 6.61 Å². The van der Waals surface area contributed by atoms with Crippen LogP contribution in [0.5, 0.6) is 0 Å². The minimum atomic E-state index is -4.92.